The molecule has 4 N–H and O–H groups in total. The Hall–Kier alpha value is -3.79. The van der Waals surface area contributed by atoms with Crippen molar-refractivity contribution in [2.45, 2.75) is 18.9 Å². The first-order chi connectivity index (χ1) is 15.4. The van der Waals surface area contributed by atoms with Crippen molar-refractivity contribution in [2.75, 3.05) is 23.3 Å². The number of anilines is 3. The number of thiazole rings is 1. The van der Waals surface area contributed by atoms with Crippen LogP contribution in [-0.2, 0) is 4.79 Å². The standard InChI is InChI=1S/C22H23N7O2S/c1-3-13(2)22(31)27-15-5-4-8-29(11-15)18-10-24-19(20(23)30)21(28-18)26-14-6-7-16-17(9-14)32-12-25-16/h3,6-7,9-10,12,15H,1-2,4-5,8,11H2,(H2,23,30)(H,26,28)(H,27,31). The second-order valence-corrected chi connectivity index (χ2v) is 8.32. The van der Waals surface area contributed by atoms with Gasteiger partial charge in [-0.25, -0.2) is 15.0 Å². The molecule has 1 fully saturated rings. The largest absolute Gasteiger partial charge is 0.364 e. The van der Waals surface area contributed by atoms with Crippen LogP contribution >= 0.6 is 11.3 Å². The minimum Gasteiger partial charge on any atom is -0.364 e. The van der Waals surface area contributed by atoms with Gasteiger partial charge in [0, 0.05) is 30.4 Å². The number of hydrogen-bond acceptors (Lipinski definition) is 8. The Morgan fingerprint density at radius 1 is 1.31 bits per heavy atom. The van der Waals surface area contributed by atoms with Gasteiger partial charge in [0.05, 0.1) is 21.9 Å². The fraction of sp³-hybridized carbons (Fsp3) is 0.227. The average Bonchev–Trinajstić information content (AvgIpc) is 3.26. The maximum atomic E-state index is 12.1. The number of carbonyl (C=O) groups excluding carboxylic acids is 2. The molecule has 9 nitrogen and oxygen atoms in total. The molecular formula is C22H23N7O2S. The number of primary amides is 1. The van der Waals surface area contributed by atoms with E-state index in [1.54, 1.807) is 5.51 Å². The summed E-state index contributed by atoms with van der Waals surface area (Å²) in [6.07, 6.45) is 4.69. The van der Waals surface area contributed by atoms with Gasteiger partial charge in [0.2, 0.25) is 0 Å². The van der Waals surface area contributed by atoms with Gasteiger partial charge in [-0.15, -0.1) is 11.3 Å². The zero-order valence-corrected chi connectivity index (χ0v) is 18.2. The molecule has 0 aliphatic carbocycles. The number of carbonyl (C=O) groups is 2. The normalized spacial score (nSPS) is 15.9. The first kappa shape index (κ1) is 21.4. The molecule has 10 heteroatoms. The lowest BCUT2D eigenvalue weighted by atomic mass is 10.1. The van der Waals surface area contributed by atoms with Gasteiger partial charge < -0.3 is 21.3 Å². The third-order valence-corrected chi connectivity index (χ3v) is 6.00. The number of nitrogens with zero attached hydrogens (tertiary/aromatic N) is 4. The Morgan fingerprint density at radius 3 is 2.94 bits per heavy atom. The number of nitrogens with one attached hydrogen (secondary N) is 2. The molecular weight excluding hydrogens is 426 g/mol. The van der Waals surface area contributed by atoms with Crippen molar-refractivity contribution in [3.05, 3.63) is 60.4 Å². The van der Waals surface area contributed by atoms with E-state index in [0.29, 0.717) is 17.9 Å². The lowest BCUT2D eigenvalue weighted by molar-refractivity contribution is -0.117. The number of hydrogen-bond donors (Lipinski definition) is 3. The van der Waals surface area contributed by atoms with Crippen LogP contribution in [0.3, 0.4) is 0 Å². The second kappa shape index (κ2) is 9.15. The molecule has 4 rings (SSSR count). The number of fused-ring (bicyclic) bond motifs is 1. The topological polar surface area (TPSA) is 126 Å². The minimum atomic E-state index is -0.669. The maximum absolute atomic E-state index is 12.1. The van der Waals surface area contributed by atoms with Crippen LogP contribution in [0.15, 0.2) is 54.7 Å². The van der Waals surface area contributed by atoms with Gasteiger partial charge in [-0.1, -0.05) is 19.2 Å². The summed E-state index contributed by atoms with van der Waals surface area (Å²) in [6, 6.07) is 5.63. The maximum Gasteiger partial charge on any atom is 0.271 e. The van der Waals surface area contributed by atoms with Crippen molar-refractivity contribution in [2.24, 2.45) is 5.73 Å². The Kier molecular flexibility index (Phi) is 6.13. The van der Waals surface area contributed by atoms with E-state index in [1.165, 1.54) is 23.6 Å². The fourth-order valence-electron chi connectivity index (χ4n) is 3.54. The molecule has 3 aromatic rings. The van der Waals surface area contributed by atoms with Crippen molar-refractivity contribution in [3.8, 4) is 0 Å². The molecule has 0 spiro atoms. The molecule has 2 aromatic heterocycles. The molecule has 1 aromatic carbocycles. The third kappa shape index (κ3) is 4.59. The fourth-order valence-corrected chi connectivity index (χ4v) is 4.26. The van der Waals surface area contributed by atoms with E-state index in [-0.39, 0.29) is 23.5 Å². The molecule has 164 valence electrons. The van der Waals surface area contributed by atoms with Crippen LogP contribution in [0.2, 0.25) is 0 Å². The van der Waals surface area contributed by atoms with E-state index in [1.807, 2.05) is 23.1 Å². The van der Waals surface area contributed by atoms with E-state index in [0.717, 1.165) is 35.3 Å². The zero-order chi connectivity index (χ0) is 22.7. The number of amides is 2. The van der Waals surface area contributed by atoms with Crippen molar-refractivity contribution < 1.29 is 9.59 Å². The van der Waals surface area contributed by atoms with E-state index in [2.05, 4.69) is 38.7 Å². The second-order valence-electron chi connectivity index (χ2n) is 7.44. The number of benzene rings is 1. The van der Waals surface area contributed by atoms with Crippen LogP contribution in [0.1, 0.15) is 23.3 Å². The summed E-state index contributed by atoms with van der Waals surface area (Å²) >= 11 is 1.52. The summed E-state index contributed by atoms with van der Waals surface area (Å²) < 4.78 is 1.01. The lowest BCUT2D eigenvalue weighted by Gasteiger charge is -2.34. The highest BCUT2D eigenvalue weighted by Gasteiger charge is 2.24. The summed E-state index contributed by atoms with van der Waals surface area (Å²) in [7, 11) is 0. The first-order valence-corrected chi connectivity index (χ1v) is 11.0. The van der Waals surface area contributed by atoms with Crippen LogP contribution < -0.4 is 21.3 Å². The highest BCUT2D eigenvalue weighted by molar-refractivity contribution is 7.16. The van der Waals surface area contributed by atoms with Gasteiger partial charge in [-0.2, -0.15) is 0 Å². The van der Waals surface area contributed by atoms with Crippen LogP contribution in [-0.4, -0.2) is 45.9 Å². The van der Waals surface area contributed by atoms with Crippen LogP contribution in [0, 0.1) is 0 Å². The predicted octanol–water partition coefficient (Wildman–Crippen LogP) is 2.76. The molecule has 2 amide bonds. The summed E-state index contributed by atoms with van der Waals surface area (Å²) in [5, 5.41) is 6.14. The van der Waals surface area contributed by atoms with Gasteiger partial charge in [-0.05, 0) is 31.0 Å². The summed E-state index contributed by atoms with van der Waals surface area (Å²) in [5.74, 6) is -0.0251. The third-order valence-electron chi connectivity index (χ3n) is 5.21. The van der Waals surface area contributed by atoms with Crippen molar-refractivity contribution in [1.29, 1.82) is 0 Å². The zero-order valence-electron chi connectivity index (χ0n) is 17.4. The molecule has 1 unspecified atom stereocenters. The van der Waals surface area contributed by atoms with Gasteiger partial charge in [0.1, 0.15) is 5.82 Å². The minimum absolute atomic E-state index is 0.0577. The van der Waals surface area contributed by atoms with E-state index in [4.69, 9.17) is 5.73 Å². The summed E-state index contributed by atoms with van der Waals surface area (Å²) in [4.78, 5) is 39.3. The van der Waals surface area contributed by atoms with Crippen LogP contribution in [0.25, 0.3) is 10.2 Å². The van der Waals surface area contributed by atoms with Crippen molar-refractivity contribution in [3.63, 3.8) is 0 Å². The number of rotatable bonds is 7. The first-order valence-electron chi connectivity index (χ1n) is 10.1. The highest BCUT2D eigenvalue weighted by Crippen LogP contribution is 2.26. The van der Waals surface area contributed by atoms with Crippen LogP contribution in [0.4, 0.5) is 17.3 Å². The molecule has 1 aliphatic rings. The Labute approximate surface area is 189 Å². The quantitative estimate of drug-likeness (QED) is 0.374. The van der Waals surface area contributed by atoms with Gasteiger partial charge in [-0.3, -0.25) is 9.59 Å². The van der Waals surface area contributed by atoms with Crippen LogP contribution in [0.5, 0.6) is 0 Å². The van der Waals surface area contributed by atoms with E-state index < -0.39 is 5.91 Å². The summed E-state index contributed by atoms with van der Waals surface area (Å²) in [5.41, 5.74) is 9.34. The SMILES string of the molecule is C=CC(=C)C(=O)NC1CCCN(c2cnc(C(N)=O)c(Nc3ccc4ncsc4c3)n2)C1. The average molecular weight is 450 g/mol. The van der Waals surface area contributed by atoms with Gasteiger partial charge in [0.25, 0.3) is 11.8 Å². The molecule has 0 bridgehead atoms. The molecule has 1 atom stereocenters. The highest BCUT2D eigenvalue weighted by atomic mass is 32.1. The number of aromatic nitrogens is 3. The van der Waals surface area contributed by atoms with Crippen molar-refractivity contribution in [1.82, 2.24) is 20.3 Å². The smallest absolute Gasteiger partial charge is 0.271 e. The number of nitrogens with two attached hydrogens (primary N) is 1. The Balaban J connectivity index is 1.56. The lowest BCUT2D eigenvalue weighted by Crippen LogP contribution is -2.48. The monoisotopic (exact) mass is 449 g/mol. The molecule has 3 heterocycles. The molecule has 1 aliphatic heterocycles. The van der Waals surface area contributed by atoms with E-state index >= 15 is 0 Å². The Morgan fingerprint density at radius 2 is 2.16 bits per heavy atom. The Bertz CT molecular complexity index is 1210. The molecule has 0 saturated carbocycles. The van der Waals surface area contributed by atoms with Gasteiger partial charge >= 0.3 is 0 Å². The predicted molar refractivity (Wildman–Crippen MR) is 126 cm³/mol. The van der Waals surface area contributed by atoms with E-state index in [9.17, 15) is 9.59 Å². The molecule has 0 radical (unpaired) electrons. The van der Waals surface area contributed by atoms with Gasteiger partial charge in [0.15, 0.2) is 11.5 Å². The summed E-state index contributed by atoms with van der Waals surface area (Å²) in [6.45, 7) is 8.59. The molecule has 1 saturated heterocycles. The molecule has 32 heavy (non-hydrogen) atoms. The number of piperidine rings is 1. The van der Waals surface area contributed by atoms with Crippen molar-refractivity contribution >= 4 is 50.7 Å².